The molecule has 0 radical (unpaired) electrons. The summed E-state index contributed by atoms with van der Waals surface area (Å²) in [6, 6.07) is 7.02. The van der Waals surface area contributed by atoms with Crippen molar-refractivity contribution in [3.63, 3.8) is 0 Å². The molecule has 12 heteroatoms. The Kier molecular flexibility index (Phi) is 5.69. The van der Waals surface area contributed by atoms with Gasteiger partial charge >= 0.3 is 23.6 Å². The van der Waals surface area contributed by atoms with E-state index in [2.05, 4.69) is 0 Å². The molecule has 0 bridgehead atoms. The van der Waals surface area contributed by atoms with Gasteiger partial charge in [-0.15, -0.1) is 0 Å². The lowest BCUT2D eigenvalue weighted by atomic mass is 10.0. The van der Waals surface area contributed by atoms with Gasteiger partial charge < -0.3 is 9.15 Å². The Labute approximate surface area is 205 Å². The summed E-state index contributed by atoms with van der Waals surface area (Å²) in [6.45, 7) is 1.50. The molecule has 0 amide bonds. The number of carbonyl (C=O) groups is 1. The second-order valence-corrected chi connectivity index (χ2v) is 8.60. The summed E-state index contributed by atoms with van der Waals surface area (Å²) in [5.41, 5.74) is -2.15. The maximum absolute atomic E-state index is 13.7. The van der Waals surface area contributed by atoms with E-state index in [4.69, 9.17) is 9.15 Å². The average Bonchev–Trinajstić information content (AvgIpc) is 3.39. The Balaban J connectivity index is 1.76. The molecule has 1 unspecified atom stereocenters. The average molecular weight is 515 g/mol. The van der Waals surface area contributed by atoms with Crippen LogP contribution in [0.25, 0.3) is 16.8 Å². The molecule has 1 aliphatic carbocycles. The van der Waals surface area contributed by atoms with Gasteiger partial charge in [0.2, 0.25) is 0 Å². The number of ether oxygens (including phenoxy) is 1. The lowest BCUT2D eigenvalue weighted by Crippen LogP contribution is -2.44. The van der Waals surface area contributed by atoms with Gasteiger partial charge in [0.25, 0.3) is 5.56 Å². The monoisotopic (exact) mass is 515 g/mol. The molecule has 0 saturated heterocycles. The Morgan fingerprint density at radius 2 is 1.92 bits per heavy atom. The highest BCUT2D eigenvalue weighted by Crippen LogP contribution is 2.41. The van der Waals surface area contributed by atoms with Gasteiger partial charge in [0.1, 0.15) is 5.56 Å². The molecule has 0 fully saturated rings. The highest BCUT2D eigenvalue weighted by Gasteiger charge is 2.38. The summed E-state index contributed by atoms with van der Waals surface area (Å²) in [5.74, 6) is -1.61. The van der Waals surface area contributed by atoms with Crippen molar-refractivity contribution in [2.75, 3.05) is 6.61 Å². The fraction of sp³-hybridized carbons (Fsp3) is 0.280. The second-order valence-electron chi connectivity index (χ2n) is 8.60. The van der Waals surface area contributed by atoms with Crippen LogP contribution in [0.3, 0.4) is 0 Å². The van der Waals surface area contributed by atoms with Crippen LogP contribution in [0, 0.1) is 0 Å². The number of rotatable bonds is 4. The fourth-order valence-electron chi connectivity index (χ4n) is 4.82. The van der Waals surface area contributed by atoms with Crippen LogP contribution in [-0.2, 0) is 24.4 Å². The van der Waals surface area contributed by atoms with Crippen molar-refractivity contribution in [1.29, 1.82) is 0 Å². The summed E-state index contributed by atoms with van der Waals surface area (Å²) in [5, 5.41) is 0. The van der Waals surface area contributed by atoms with Gasteiger partial charge in [0.05, 0.1) is 29.4 Å². The number of fused-ring (bicyclic) bond motifs is 2. The van der Waals surface area contributed by atoms with Crippen LogP contribution in [0.15, 0.2) is 61.4 Å². The molecule has 4 aromatic rings. The van der Waals surface area contributed by atoms with Crippen molar-refractivity contribution >= 4 is 17.1 Å². The van der Waals surface area contributed by atoms with E-state index >= 15 is 0 Å². The highest BCUT2D eigenvalue weighted by molar-refractivity contribution is 5.88. The lowest BCUT2D eigenvalue weighted by Gasteiger charge is -2.19. The van der Waals surface area contributed by atoms with E-state index in [0.29, 0.717) is 5.52 Å². The number of oxazole rings is 1. The van der Waals surface area contributed by atoms with Gasteiger partial charge in [-0.2, -0.15) is 13.2 Å². The topological polar surface area (TPSA) is 105 Å². The van der Waals surface area contributed by atoms with Gasteiger partial charge in [-0.25, -0.2) is 14.4 Å². The van der Waals surface area contributed by atoms with Crippen LogP contribution in [0.1, 0.15) is 46.4 Å². The van der Waals surface area contributed by atoms with Gasteiger partial charge in [-0.05, 0) is 49.1 Å². The van der Waals surface area contributed by atoms with Gasteiger partial charge in [0, 0.05) is 19.3 Å². The van der Waals surface area contributed by atoms with E-state index in [0.717, 1.165) is 21.4 Å². The first-order chi connectivity index (χ1) is 17.5. The summed E-state index contributed by atoms with van der Waals surface area (Å²) in [4.78, 5) is 51.6. The molecular formula is C25H20F3N3O6. The number of carbonyl (C=O) groups excluding carboxylic acids is 1. The van der Waals surface area contributed by atoms with Gasteiger partial charge in [-0.1, -0.05) is 12.1 Å². The molecule has 0 saturated carbocycles. The predicted octanol–water partition coefficient (Wildman–Crippen LogP) is 3.18. The molecule has 2 heterocycles. The lowest BCUT2D eigenvalue weighted by molar-refractivity contribution is -0.138. The molecule has 192 valence electrons. The number of alkyl halides is 3. The Morgan fingerprint density at radius 1 is 1.16 bits per heavy atom. The molecule has 1 atom stereocenters. The second kappa shape index (κ2) is 8.64. The van der Waals surface area contributed by atoms with E-state index in [-0.39, 0.29) is 41.8 Å². The van der Waals surface area contributed by atoms with Crippen LogP contribution in [0.2, 0.25) is 0 Å². The third-order valence-corrected chi connectivity index (χ3v) is 6.53. The number of aromatic nitrogens is 3. The smallest absolute Gasteiger partial charge is 0.419 e. The van der Waals surface area contributed by atoms with E-state index in [1.807, 2.05) is 0 Å². The molecule has 37 heavy (non-hydrogen) atoms. The molecular weight excluding hydrogens is 495 g/mol. The zero-order chi connectivity index (χ0) is 26.6. The third kappa shape index (κ3) is 3.88. The Morgan fingerprint density at radius 3 is 2.62 bits per heavy atom. The molecule has 1 aliphatic rings. The number of hydrogen-bond donors (Lipinski definition) is 0. The first-order valence-corrected chi connectivity index (χ1v) is 11.4. The van der Waals surface area contributed by atoms with E-state index in [1.165, 1.54) is 41.9 Å². The number of benzene rings is 2. The zero-order valence-corrected chi connectivity index (χ0v) is 19.7. The minimum Gasteiger partial charge on any atom is -0.462 e. The molecule has 2 aromatic heterocycles. The number of aryl methyl sites for hydroxylation is 1. The number of hydrogen-bond acceptors (Lipinski definition) is 6. The predicted molar refractivity (Wildman–Crippen MR) is 125 cm³/mol. The summed E-state index contributed by atoms with van der Waals surface area (Å²) >= 11 is 0. The highest BCUT2D eigenvalue weighted by atomic mass is 19.4. The standard InChI is InChI=1S/C25H20F3N3O6/c1-3-36-22(33)16-12-30(13-7-9-19-20(11-13)37-24(35)29(19)2)23(34)31(21(16)32)18-10-8-14-15(18)5-4-6-17(14)25(26,27)28/h4-7,9,11-12,18H,3,8,10H2,1-2H3. The van der Waals surface area contributed by atoms with Crippen LogP contribution in [0.5, 0.6) is 0 Å². The first kappa shape index (κ1) is 24.3. The van der Waals surface area contributed by atoms with Crippen LogP contribution in [-0.4, -0.2) is 26.3 Å². The summed E-state index contributed by atoms with van der Waals surface area (Å²) < 4.78 is 54.1. The number of halogens is 3. The number of esters is 1. The summed E-state index contributed by atoms with van der Waals surface area (Å²) in [7, 11) is 1.51. The van der Waals surface area contributed by atoms with Crippen LogP contribution in [0.4, 0.5) is 13.2 Å². The quantitative estimate of drug-likeness (QED) is 0.387. The third-order valence-electron chi connectivity index (χ3n) is 6.53. The molecule has 2 aromatic carbocycles. The molecule has 0 spiro atoms. The van der Waals surface area contributed by atoms with E-state index in [1.54, 1.807) is 6.92 Å². The van der Waals surface area contributed by atoms with Gasteiger partial charge in [-0.3, -0.25) is 18.5 Å². The fourth-order valence-corrected chi connectivity index (χ4v) is 4.82. The van der Waals surface area contributed by atoms with Crippen molar-refractivity contribution < 1.29 is 27.1 Å². The maximum atomic E-state index is 13.7. The van der Waals surface area contributed by atoms with Crippen LogP contribution >= 0.6 is 0 Å². The normalized spacial score (nSPS) is 15.2. The van der Waals surface area contributed by atoms with Crippen molar-refractivity contribution in [2.45, 2.75) is 32.0 Å². The Hall–Kier alpha value is -4.35. The molecule has 0 aliphatic heterocycles. The van der Waals surface area contributed by atoms with Crippen molar-refractivity contribution in [2.24, 2.45) is 7.05 Å². The first-order valence-electron chi connectivity index (χ1n) is 11.4. The largest absolute Gasteiger partial charge is 0.462 e. The van der Waals surface area contributed by atoms with Crippen molar-refractivity contribution in [3.05, 3.63) is 96.2 Å². The van der Waals surface area contributed by atoms with Crippen LogP contribution < -0.4 is 17.0 Å². The summed E-state index contributed by atoms with van der Waals surface area (Å²) in [6.07, 6.45) is -3.53. The van der Waals surface area contributed by atoms with E-state index < -0.39 is 46.3 Å². The van der Waals surface area contributed by atoms with Gasteiger partial charge in [0.15, 0.2) is 5.58 Å². The zero-order valence-electron chi connectivity index (χ0n) is 19.7. The molecule has 5 rings (SSSR count). The SMILES string of the molecule is CCOC(=O)c1cn(-c2ccc3c(c2)oc(=O)n3C)c(=O)n(C2CCc3c2cccc3C(F)(F)F)c1=O. The van der Waals surface area contributed by atoms with E-state index in [9.17, 15) is 32.3 Å². The maximum Gasteiger partial charge on any atom is 0.419 e. The molecule has 0 N–H and O–H groups in total. The molecule has 9 nitrogen and oxygen atoms in total. The minimum absolute atomic E-state index is 0.00636. The Bertz CT molecular complexity index is 1740. The minimum atomic E-state index is -4.60. The van der Waals surface area contributed by atoms with Crippen molar-refractivity contribution in [3.8, 4) is 5.69 Å². The van der Waals surface area contributed by atoms with Crippen molar-refractivity contribution in [1.82, 2.24) is 13.7 Å². The number of nitrogens with zero attached hydrogens (tertiary/aromatic N) is 3.